The summed E-state index contributed by atoms with van der Waals surface area (Å²) in [6.07, 6.45) is 6.74. The smallest absolute Gasteiger partial charge is 0.0991 e. The Hall–Kier alpha value is -1.65. The highest BCUT2D eigenvalue weighted by atomic mass is 16.5. The van der Waals surface area contributed by atoms with Crippen LogP contribution in [0.5, 0.6) is 0 Å². The Balaban J connectivity index is 1.51. The van der Waals surface area contributed by atoms with Gasteiger partial charge in [-0.1, -0.05) is 12.1 Å². The minimum absolute atomic E-state index is 0.685. The third-order valence-corrected chi connectivity index (χ3v) is 3.53. The number of aromatic nitrogens is 2. The molecule has 2 heterocycles. The molecule has 1 N–H and O–H groups in total. The van der Waals surface area contributed by atoms with Gasteiger partial charge in [0, 0.05) is 37.8 Å². The first-order chi connectivity index (χ1) is 9.42. The van der Waals surface area contributed by atoms with Crippen LogP contribution in [0.15, 0.2) is 43.0 Å². The van der Waals surface area contributed by atoms with E-state index in [2.05, 4.69) is 34.6 Å². The van der Waals surface area contributed by atoms with E-state index in [0.717, 1.165) is 32.0 Å². The van der Waals surface area contributed by atoms with Crippen molar-refractivity contribution in [3.8, 4) is 5.69 Å². The monoisotopic (exact) mass is 257 g/mol. The number of hydrogen-bond acceptors (Lipinski definition) is 3. The van der Waals surface area contributed by atoms with Crippen LogP contribution in [0.1, 0.15) is 12.0 Å². The summed E-state index contributed by atoms with van der Waals surface area (Å²) in [5.74, 6) is 0.685. The highest BCUT2D eigenvalue weighted by molar-refractivity contribution is 5.34. The average molecular weight is 257 g/mol. The summed E-state index contributed by atoms with van der Waals surface area (Å²) in [5.41, 5.74) is 2.45. The van der Waals surface area contributed by atoms with Crippen LogP contribution in [-0.2, 0) is 11.3 Å². The van der Waals surface area contributed by atoms with Crippen molar-refractivity contribution in [3.05, 3.63) is 48.5 Å². The Kier molecular flexibility index (Phi) is 3.91. The fourth-order valence-electron chi connectivity index (χ4n) is 2.36. The number of benzene rings is 1. The van der Waals surface area contributed by atoms with Gasteiger partial charge in [0.05, 0.1) is 12.9 Å². The molecule has 0 bridgehead atoms. The highest BCUT2D eigenvalue weighted by Crippen LogP contribution is 2.12. The molecule has 3 rings (SSSR count). The van der Waals surface area contributed by atoms with E-state index >= 15 is 0 Å². The quantitative estimate of drug-likeness (QED) is 0.890. The van der Waals surface area contributed by atoms with Crippen LogP contribution in [0.2, 0.25) is 0 Å². The first-order valence-electron chi connectivity index (χ1n) is 6.77. The zero-order chi connectivity index (χ0) is 12.9. The second-order valence-electron chi connectivity index (χ2n) is 5.00. The molecule has 19 heavy (non-hydrogen) atoms. The van der Waals surface area contributed by atoms with Crippen LogP contribution < -0.4 is 5.32 Å². The standard InChI is InChI=1S/C15H19N3O/c1-3-15(18-7-6-16-12-18)4-2-13(1)9-17-10-14-5-8-19-11-14/h1-4,6-7,12,14,17H,5,8-11H2. The molecule has 0 radical (unpaired) electrons. The summed E-state index contributed by atoms with van der Waals surface area (Å²) < 4.78 is 7.38. The molecule has 1 atom stereocenters. The van der Waals surface area contributed by atoms with Crippen molar-refractivity contribution in [2.45, 2.75) is 13.0 Å². The summed E-state index contributed by atoms with van der Waals surface area (Å²) in [6.45, 7) is 3.79. The number of imidazole rings is 1. The van der Waals surface area contributed by atoms with Crippen molar-refractivity contribution < 1.29 is 4.74 Å². The van der Waals surface area contributed by atoms with Gasteiger partial charge in [-0.2, -0.15) is 0 Å². The number of hydrogen-bond donors (Lipinski definition) is 1. The second-order valence-corrected chi connectivity index (χ2v) is 5.00. The van der Waals surface area contributed by atoms with E-state index < -0.39 is 0 Å². The molecule has 100 valence electrons. The summed E-state index contributed by atoms with van der Waals surface area (Å²) in [6, 6.07) is 8.57. The normalized spacial score (nSPS) is 18.8. The van der Waals surface area contributed by atoms with Crippen molar-refractivity contribution >= 4 is 0 Å². The number of ether oxygens (including phenoxy) is 1. The van der Waals surface area contributed by atoms with Crippen LogP contribution in [-0.4, -0.2) is 29.3 Å². The van der Waals surface area contributed by atoms with E-state index in [1.165, 1.54) is 12.0 Å². The van der Waals surface area contributed by atoms with Gasteiger partial charge >= 0.3 is 0 Å². The highest BCUT2D eigenvalue weighted by Gasteiger charge is 2.14. The molecule has 1 fully saturated rings. The fraction of sp³-hybridized carbons (Fsp3) is 0.400. The Labute approximate surface area is 113 Å². The molecule has 0 spiro atoms. The Morgan fingerprint density at radius 3 is 2.89 bits per heavy atom. The van der Waals surface area contributed by atoms with Gasteiger partial charge in [-0.25, -0.2) is 4.98 Å². The van der Waals surface area contributed by atoms with Gasteiger partial charge in [0.1, 0.15) is 0 Å². The molecule has 1 saturated heterocycles. The largest absolute Gasteiger partial charge is 0.381 e. The summed E-state index contributed by atoms with van der Waals surface area (Å²) in [4.78, 5) is 4.05. The SMILES string of the molecule is c1cn(-c2ccc(CNCC3CCOC3)cc2)cn1. The van der Waals surface area contributed by atoms with E-state index in [4.69, 9.17) is 4.74 Å². The van der Waals surface area contributed by atoms with Gasteiger partial charge in [0.2, 0.25) is 0 Å². The molecule has 4 heteroatoms. The number of rotatable bonds is 5. The molecule has 1 aliphatic rings. The summed E-state index contributed by atoms with van der Waals surface area (Å²) in [5, 5.41) is 3.50. The van der Waals surface area contributed by atoms with Gasteiger partial charge in [-0.3, -0.25) is 0 Å². The predicted octanol–water partition coefficient (Wildman–Crippen LogP) is 2.00. The van der Waals surface area contributed by atoms with Gasteiger partial charge in [-0.05, 0) is 30.0 Å². The third kappa shape index (κ3) is 3.22. The molecule has 1 unspecified atom stereocenters. The average Bonchev–Trinajstić information content (AvgIpc) is 3.13. The van der Waals surface area contributed by atoms with E-state index in [-0.39, 0.29) is 0 Å². The predicted molar refractivity (Wildman–Crippen MR) is 74.2 cm³/mol. The van der Waals surface area contributed by atoms with Crippen molar-refractivity contribution in [3.63, 3.8) is 0 Å². The van der Waals surface area contributed by atoms with Crippen molar-refractivity contribution in [1.82, 2.24) is 14.9 Å². The van der Waals surface area contributed by atoms with Gasteiger partial charge < -0.3 is 14.6 Å². The van der Waals surface area contributed by atoms with Crippen LogP contribution in [0.25, 0.3) is 5.69 Å². The van der Waals surface area contributed by atoms with Crippen molar-refractivity contribution in [2.24, 2.45) is 5.92 Å². The maximum atomic E-state index is 5.37. The van der Waals surface area contributed by atoms with Crippen LogP contribution in [0.4, 0.5) is 0 Å². The lowest BCUT2D eigenvalue weighted by Crippen LogP contribution is -2.22. The van der Waals surface area contributed by atoms with E-state index in [1.807, 2.05) is 17.1 Å². The number of nitrogens with zero attached hydrogens (tertiary/aromatic N) is 2. The zero-order valence-electron chi connectivity index (χ0n) is 11.0. The Morgan fingerprint density at radius 2 is 2.21 bits per heavy atom. The lowest BCUT2D eigenvalue weighted by molar-refractivity contribution is 0.185. The van der Waals surface area contributed by atoms with Gasteiger partial charge in [0.15, 0.2) is 0 Å². The van der Waals surface area contributed by atoms with Gasteiger partial charge in [0.25, 0.3) is 0 Å². The van der Waals surface area contributed by atoms with Crippen molar-refractivity contribution in [2.75, 3.05) is 19.8 Å². The van der Waals surface area contributed by atoms with Crippen LogP contribution in [0.3, 0.4) is 0 Å². The Morgan fingerprint density at radius 1 is 1.32 bits per heavy atom. The summed E-state index contributed by atoms with van der Waals surface area (Å²) >= 11 is 0. The third-order valence-electron chi connectivity index (χ3n) is 3.53. The zero-order valence-corrected chi connectivity index (χ0v) is 11.0. The molecular formula is C15H19N3O. The van der Waals surface area contributed by atoms with Crippen LogP contribution in [0, 0.1) is 5.92 Å². The molecule has 1 aromatic carbocycles. The maximum absolute atomic E-state index is 5.37. The summed E-state index contributed by atoms with van der Waals surface area (Å²) in [7, 11) is 0. The molecule has 4 nitrogen and oxygen atoms in total. The lowest BCUT2D eigenvalue weighted by Gasteiger charge is -2.10. The first-order valence-corrected chi connectivity index (χ1v) is 6.77. The topological polar surface area (TPSA) is 39.1 Å². The Bertz CT molecular complexity index is 487. The molecule has 1 aromatic heterocycles. The molecule has 2 aromatic rings. The van der Waals surface area contributed by atoms with E-state index in [9.17, 15) is 0 Å². The first kappa shape index (κ1) is 12.4. The van der Waals surface area contributed by atoms with Crippen LogP contribution >= 0.6 is 0 Å². The molecule has 0 amide bonds. The van der Waals surface area contributed by atoms with E-state index in [0.29, 0.717) is 5.92 Å². The van der Waals surface area contributed by atoms with E-state index in [1.54, 1.807) is 6.20 Å². The maximum Gasteiger partial charge on any atom is 0.0991 e. The molecular weight excluding hydrogens is 238 g/mol. The fourth-order valence-corrected chi connectivity index (χ4v) is 2.36. The van der Waals surface area contributed by atoms with Crippen molar-refractivity contribution in [1.29, 1.82) is 0 Å². The molecule has 0 aliphatic carbocycles. The van der Waals surface area contributed by atoms with Gasteiger partial charge in [-0.15, -0.1) is 0 Å². The minimum Gasteiger partial charge on any atom is -0.381 e. The number of nitrogens with one attached hydrogen (secondary N) is 1. The second kappa shape index (κ2) is 5.99. The minimum atomic E-state index is 0.685. The molecule has 0 saturated carbocycles. The lowest BCUT2D eigenvalue weighted by atomic mass is 10.1. The molecule has 1 aliphatic heterocycles.